The van der Waals surface area contributed by atoms with Gasteiger partial charge in [0.25, 0.3) is 0 Å². The molecular formula is C13H22N4O3. The summed E-state index contributed by atoms with van der Waals surface area (Å²) in [6.45, 7) is 6.54. The molecule has 0 aliphatic heterocycles. The first kappa shape index (κ1) is 16.0. The minimum atomic E-state index is -0.844. The van der Waals surface area contributed by atoms with Crippen LogP contribution < -0.4 is 5.32 Å². The summed E-state index contributed by atoms with van der Waals surface area (Å²) < 4.78 is 0. The highest BCUT2D eigenvalue weighted by Crippen LogP contribution is 2.05. The van der Waals surface area contributed by atoms with Crippen LogP contribution in [0.15, 0.2) is 6.20 Å². The zero-order valence-corrected chi connectivity index (χ0v) is 12.1. The van der Waals surface area contributed by atoms with E-state index in [1.165, 1.54) is 0 Å². The predicted molar refractivity (Wildman–Crippen MR) is 74.3 cm³/mol. The molecule has 1 aromatic rings. The van der Waals surface area contributed by atoms with Crippen LogP contribution in [0.3, 0.4) is 0 Å². The molecule has 112 valence electrons. The molecule has 20 heavy (non-hydrogen) atoms. The van der Waals surface area contributed by atoms with Crippen LogP contribution in [0.5, 0.6) is 0 Å². The molecule has 0 spiro atoms. The maximum absolute atomic E-state index is 12.1. The number of hydrogen-bond acceptors (Lipinski definition) is 3. The van der Waals surface area contributed by atoms with E-state index in [2.05, 4.69) is 15.5 Å². The SMILES string of the molecule is Cc1[nH]ncc1CNC(=O)N(CCCC(=O)O)C(C)C. The van der Waals surface area contributed by atoms with Gasteiger partial charge >= 0.3 is 12.0 Å². The van der Waals surface area contributed by atoms with Crippen LogP contribution in [0.1, 0.15) is 37.9 Å². The fourth-order valence-corrected chi connectivity index (χ4v) is 1.82. The van der Waals surface area contributed by atoms with Crippen molar-refractivity contribution in [2.24, 2.45) is 0 Å². The van der Waals surface area contributed by atoms with E-state index < -0.39 is 5.97 Å². The van der Waals surface area contributed by atoms with Gasteiger partial charge in [-0.3, -0.25) is 9.89 Å². The minimum Gasteiger partial charge on any atom is -0.481 e. The highest BCUT2D eigenvalue weighted by Gasteiger charge is 2.17. The van der Waals surface area contributed by atoms with E-state index in [1.54, 1.807) is 11.1 Å². The Morgan fingerprint density at radius 1 is 1.50 bits per heavy atom. The molecule has 0 aliphatic carbocycles. The Balaban J connectivity index is 2.47. The van der Waals surface area contributed by atoms with E-state index in [0.717, 1.165) is 11.3 Å². The first-order chi connectivity index (χ1) is 9.41. The first-order valence-electron chi connectivity index (χ1n) is 6.67. The van der Waals surface area contributed by atoms with E-state index in [1.807, 2.05) is 20.8 Å². The number of rotatable bonds is 7. The number of nitrogens with one attached hydrogen (secondary N) is 2. The highest BCUT2D eigenvalue weighted by atomic mass is 16.4. The number of nitrogens with zero attached hydrogens (tertiary/aromatic N) is 2. The number of aromatic nitrogens is 2. The number of hydrogen-bond donors (Lipinski definition) is 3. The second kappa shape index (κ2) is 7.52. The Kier molecular flexibility index (Phi) is 6.02. The Morgan fingerprint density at radius 2 is 2.20 bits per heavy atom. The molecule has 7 heteroatoms. The second-order valence-electron chi connectivity index (χ2n) is 4.96. The average Bonchev–Trinajstić information content (AvgIpc) is 2.76. The van der Waals surface area contributed by atoms with Gasteiger partial charge in [-0.25, -0.2) is 4.79 Å². The number of aliphatic carboxylic acids is 1. The maximum Gasteiger partial charge on any atom is 0.317 e. The molecule has 0 fully saturated rings. The smallest absolute Gasteiger partial charge is 0.317 e. The van der Waals surface area contributed by atoms with E-state index in [4.69, 9.17) is 5.11 Å². The van der Waals surface area contributed by atoms with Crippen molar-refractivity contribution in [1.82, 2.24) is 20.4 Å². The summed E-state index contributed by atoms with van der Waals surface area (Å²) in [5.74, 6) is -0.844. The molecule has 0 atom stereocenters. The quantitative estimate of drug-likeness (QED) is 0.706. The topological polar surface area (TPSA) is 98.3 Å². The molecule has 0 saturated heterocycles. The van der Waals surface area contributed by atoms with Crippen LogP contribution in [-0.2, 0) is 11.3 Å². The van der Waals surface area contributed by atoms with Crippen LogP contribution in [0.4, 0.5) is 4.79 Å². The minimum absolute atomic E-state index is 0.0224. The molecule has 7 nitrogen and oxygen atoms in total. The molecule has 0 aliphatic rings. The zero-order valence-electron chi connectivity index (χ0n) is 12.1. The van der Waals surface area contributed by atoms with Crippen molar-refractivity contribution < 1.29 is 14.7 Å². The number of urea groups is 1. The molecular weight excluding hydrogens is 260 g/mol. The lowest BCUT2D eigenvalue weighted by Crippen LogP contribution is -2.44. The second-order valence-corrected chi connectivity index (χ2v) is 4.96. The Morgan fingerprint density at radius 3 is 2.70 bits per heavy atom. The number of carbonyl (C=O) groups excluding carboxylic acids is 1. The molecule has 0 saturated carbocycles. The number of carboxylic acids is 1. The third kappa shape index (κ3) is 4.91. The van der Waals surface area contributed by atoms with Crippen molar-refractivity contribution in [3.05, 3.63) is 17.5 Å². The summed E-state index contributed by atoms with van der Waals surface area (Å²) in [6.07, 6.45) is 2.20. The third-order valence-electron chi connectivity index (χ3n) is 3.04. The van der Waals surface area contributed by atoms with Crippen molar-refractivity contribution in [2.75, 3.05) is 6.54 Å². The number of carbonyl (C=O) groups is 2. The summed E-state index contributed by atoms with van der Waals surface area (Å²) in [6, 6.07) is -0.166. The first-order valence-corrected chi connectivity index (χ1v) is 6.67. The molecule has 1 heterocycles. The number of carboxylic acid groups (broad SMARTS) is 1. The van der Waals surface area contributed by atoms with Gasteiger partial charge in [-0.1, -0.05) is 0 Å². The fourth-order valence-electron chi connectivity index (χ4n) is 1.82. The van der Waals surface area contributed by atoms with Gasteiger partial charge in [0.15, 0.2) is 0 Å². The Hall–Kier alpha value is -2.05. The van der Waals surface area contributed by atoms with Crippen LogP contribution in [-0.4, -0.2) is 44.8 Å². The van der Waals surface area contributed by atoms with Gasteiger partial charge in [-0.2, -0.15) is 5.10 Å². The number of aryl methyl sites for hydroxylation is 1. The molecule has 1 rings (SSSR count). The van der Waals surface area contributed by atoms with E-state index >= 15 is 0 Å². The number of amides is 2. The fraction of sp³-hybridized carbons (Fsp3) is 0.615. The molecule has 0 aromatic carbocycles. The lowest BCUT2D eigenvalue weighted by molar-refractivity contribution is -0.137. The van der Waals surface area contributed by atoms with Gasteiger partial charge in [0.05, 0.1) is 6.20 Å². The van der Waals surface area contributed by atoms with E-state index in [-0.39, 0.29) is 18.5 Å². The zero-order chi connectivity index (χ0) is 15.1. The van der Waals surface area contributed by atoms with Gasteiger partial charge in [0.2, 0.25) is 0 Å². The van der Waals surface area contributed by atoms with E-state index in [9.17, 15) is 9.59 Å². The van der Waals surface area contributed by atoms with Crippen molar-refractivity contribution in [2.45, 2.75) is 46.2 Å². The molecule has 3 N–H and O–H groups in total. The van der Waals surface area contributed by atoms with E-state index in [0.29, 0.717) is 19.5 Å². The summed E-state index contributed by atoms with van der Waals surface area (Å²) >= 11 is 0. The van der Waals surface area contributed by atoms with Gasteiger partial charge < -0.3 is 15.3 Å². The van der Waals surface area contributed by atoms with Crippen molar-refractivity contribution in [1.29, 1.82) is 0 Å². The standard InChI is InChI=1S/C13H22N4O3/c1-9(2)17(6-4-5-12(18)19)13(20)14-7-11-8-15-16-10(11)3/h8-9H,4-7H2,1-3H3,(H,14,20)(H,15,16)(H,18,19). The van der Waals surface area contributed by atoms with Crippen LogP contribution in [0, 0.1) is 6.92 Å². The Labute approximate surface area is 118 Å². The normalized spacial score (nSPS) is 10.6. The van der Waals surface area contributed by atoms with Gasteiger partial charge in [0, 0.05) is 36.8 Å². The average molecular weight is 282 g/mol. The van der Waals surface area contributed by atoms with Gasteiger partial charge in [0.1, 0.15) is 0 Å². The molecule has 2 amide bonds. The predicted octanol–water partition coefficient (Wildman–Crippen LogP) is 1.50. The Bertz CT molecular complexity index is 456. The van der Waals surface area contributed by atoms with Crippen molar-refractivity contribution >= 4 is 12.0 Å². The molecule has 1 aromatic heterocycles. The number of H-pyrrole nitrogens is 1. The largest absolute Gasteiger partial charge is 0.481 e. The molecule has 0 bridgehead atoms. The summed E-state index contributed by atoms with van der Waals surface area (Å²) in [5, 5.41) is 18.2. The molecule has 0 radical (unpaired) electrons. The van der Waals surface area contributed by atoms with Crippen LogP contribution in [0.2, 0.25) is 0 Å². The number of aromatic amines is 1. The summed E-state index contributed by atoms with van der Waals surface area (Å²) in [4.78, 5) is 24.3. The van der Waals surface area contributed by atoms with Crippen LogP contribution in [0.25, 0.3) is 0 Å². The van der Waals surface area contributed by atoms with Crippen molar-refractivity contribution in [3.63, 3.8) is 0 Å². The monoisotopic (exact) mass is 282 g/mol. The van der Waals surface area contributed by atoms with Crippen LogP contribution >= 0.6 is 0 Å². The third-order valence-corrected chi connectivity index (χ3v) is 3.04. The van der Waals surface area contributed by atoms with Gasteiger partial charge in [-0.15, -0.1) is 0 Å². The summed E-state index contributed by atoms with van der Waals surface area (Å²) in [5.41, 5.74) is 1.86. The summed E-state index contributed by atoms with van der Waals surface area (Å²) in [7, 11) is 0. The highest BCUT2D eigenvalue weighted by molar-refractivity contribution is 5.74. The molecule has 0 unspecified atom stereocenters. The van der Waals surface area contributed by atoms with Crippen molar-refractivity contribution in [3.8, 4) is 0 Å². The lowest BCUT2D eigenvalue weighted by Gasteiger charge is -2.26. The van der Waals surface area contributed by atoms with Gasteiger partial charge in [-0.05, 0) is 27.2 Å². The maximum atomic E-state index is 12.1. The lowest BCUT2D eigenvalue weighted by atomic mass is 10.2.